The van der Waals surface area contributed by atoms with Gasteiger partial charge in [0.05, 0.1) is 0 Å². The fourth-order valence-corrected chi connectivity index (χ4v) is 3.34. The van der Waals surface area contributed by atoms with Crippen LogP contribution in [0.2, 0.25) is 0 Å². The van der Waals surface area contributed by atoms with E-state index in [1.165, 1.54) is 19.3 Å². The van der Waals surface area contributed by atoms with E-state index in [9.17, 15) is 4.79 Å². The van der Waals surface area contributed by atoms with E-state index in [4.69, 9.17) is 0 Å². The van der Waals surface area contributed by atoms with Crippen molar-refractivity contribution in [2.75, 3.05) is 49.1 Å². The molecule has 0 unspecified atom stereocenters. The molecule has 3 heterocycles. The van der Waals surface area contributed by atoms with Crippen LogP contribution in [-0.2, 0) is 4.79 Å². The predicted octanol–water partition coefficient (Wildman–Crippen LogP) is 1.92. The van der Waals surface area contributed by atoms with Crippen molar-refractivity contribution < 1.29 is 4.79 Å². The molecule has 6 heteroatoms. The number of carbonyl (C=O) groups is 1. The zero-order chi connectivity index (χ0) is 16.1. The second-order valence-corrected chi connectivity index (χ2v) is 6.42. The molecule has 23 heavy (non-hydrogen) atoms. The first-order chi connectivity index (χ1) is 11.3. The molecule has 6 nitrogen and oxygen atoms in total. The molecule has 2 saturated heterocycles. The van der Waals surface area contributed by atoms with Crippen molar-refractivity contribution in [1.29, 1.82) is 0 Å². The van der Waals surface area contributed by atoms with Crippen molar-refractivity contribution in [3.63, 3.8) is 0 Å². The molecule has 0 bridgehead atoms. The Hall–Kier alpha value is -1.85. The monoisotopic (exact) mass is 317 g/mol. The molecule has 1 aromatic heterocycles. The van der Waals surface area contributed by atoms with Gasteiger partial charge < -0.3 is 14.7 Å². The molecule has 3 rings (SSSR count). The predicted molar refractivity (Wildman–Crippen MR) is 91.8 cm³/mol. The second-order valence-electron chi connectivity index (χ2n) is 6.42. The Morgan fingerprint density at radius 1 is 0.913 bits per heavy atom. The largest absolute Gasteiger partial charge is 0.355 e. The maximum atomic E-state index is 11.9. The first-order valence-corrected chi connectivity index (χ1v) is 8.89. The highest BCUT2D eigenvalue weighted by Crippen LogP contribution is 2.19. The summed E-state index contributed by atoms with van der Waals surface area (Å²) in [6.07, 6.45) is 5.39. The third-order valence-electron chi connectivity index (χ3n) is 4.74. The fourth-order valence-electron chi connectivity index (χ4n) is 3.34. The van der Waals surface area contributed by atoms with Gasteiger partial charge >= 0.3 is 0 Å². The Morgan fingerprint density at radius 2 is 1.48 bits per heavy atom. The number of hydrogen-bond acceptors (Lipinski definition) is 5. The van der Waals surface area contributed by atoms with E-state index < -0.39 is 0 Å². The summed E-state index contributed by atoms with van der Waals surface area (Å²) in [6.45, 7) is 7.48. The Bertz CT molecular complexity index is 504. The van der Waals surface area contributed by atoms with Crippen molar-refractivity contribution in [2.24, 2.45) is 0 Å². The molecule has 0 N–H and O–H groups in total. The van der Waals surface area contributed by atoms with Crippen LogP contribution in [0, 0.1) is 0 Å². The number of rotatable bonds is 4. The lowest BCUT2D eigenvalue weighted by atomic mass is 10.1. The molecular formula is C17H27N5O. The van der Waals surface area contributed by atoms with Gasteiger partial charge in [-0.1, -0.05) is 6.92 Å². The average Bonchev–Trinajstić information content (AvgIpc) is 2.63. The van der Waals surface area contributed by atoms with E-state index in [2.05, 4.69) is 32.1 Å². The minimum Gasteiger partial charge on any atom is -0.355 e. The van der Waals surface area contributed by atoms with Crippen LogP contribution in [0.5, 0.6) is 0 Å². The highest BCUT2D eigenvalue weighted by Gasteiger charge is 2.21. The van der Waals surface area contributed by atoms with E-state index in [1.54, 1.807) is 0 Å². The first-order valence-electron chi connectivity index (χ1n) is 8.89. The summed E-state index contributed by atoms with van der Waals surface area (Å²) in [4.78, 5) is 18.4. The molecule has 2 aliphatic heterocycles. The number of piperazine rings is 1. The summed E-state index contributed by atoms with van der Waals surface area (Å²) in [5, 5.41) is 8.83. The van der Waals surface area contributed by atoms with Crippen molar-refractivity contribution in [2.45, 2.75) is 39.0 Å². The molecule has 1 amide bonds. The number of hydrogen-bond donors (Lipinski definition) is 0. The van der Waals surface area contributed by atoms with Crippen molar-refractivity contribution >= 4 is 17.5 Å². The van der Waals surface area contributed by atoms with Gasteiger partial charge in [0, 0.05) is 45.7 Å². The highest BCUT2D eigenvalue weighted by atomic mass is 16.2. The van der Waals surface area contributed by atoms with Gasteiger partial charge in [0.15, 0.2) is 11.6 Å². The highest BCUT2D eigenvalue weighted by molar-refractivity contribution is 5.76. The van der Waals surface area contributed by atoms with E-state index in [-0.39, 0.29) is 5.91 Å². The van der Waals surface area contributed by atoms with Gasteiger partial charge in [-0.2, -0.15) is 0 Å². The number of amides is 1. The lowest BCUT2D eigenvalue weighted by Gasteiger charge is -2.35. The van der Waals surface area contributed by atoms with Crippen molar-refractivity contribution in [1.82, 2.24) is 15.1 Å². The molecular weight excluding hydrogens is 290 g/mol. The molecule has 126 valence electrons. The molecule has 0 aromatic carbocycles. The molecule has 2 fully saturated rings. The van der Waals surface area contributed by atoms with Crippen LogP contribution in [0.4, 0.5) is 11.6 Å². The van der Waals surface area contributed by atoms with Crippen LogP contribution >= 0.6 is 0 Å². The van der Waals surface area contributed by atoms with Gasteiger partial charge in [0.2, 0.25) is 5.91 Å². The van der Waals surface area contributed by atoms with E-state index in [0.717, 1.165) is 57.3 Å². The maximum absolute atomic E-state index is 11.9. The molecule has 0 radical (unpaired) electrons. The Morgan fingerprint density at radius 3 is 2.00 bits per heavy atom. The van der Waals surface area contributed by atoms with Gasteiger partial charge in [-0.25, -0.2) is 0 Å². The van der Waals surface area contributed by atoms with Crippen LogP contribution in [0.1, 0.15) is 39.0 Å². The Labute approximate surface area is 138 Å². The van der Waals surface area contributed by atoms with Crippen LogP contribution in [0.3, 0.4) is 0 Å². The number of aromatic nitrogens is 2. The summed E-state index contributed by atoms with van der Waals surface area (Å²) in [5.74, 6) is 2.19. The van der Waals surface area contributed by atoms with E-state index >= 15 is 0 Å². The molecule has 0 atom stereocenters. The molecule has 0 spiro atoms. The van der Waals surface area contributed by atoms with Crippen LogP contribution in [0.15, 0.2) is 12.1 Å². The summed E-state index contributed by atoms with van der Waals surface area (Å²) in [5.41, 5.74) is 0. The summed E-state index contributed by atoms with van der Waals surface area (Å²) in [7, 11) is 0. The lowest BCUT2D eigenvalue weighted by molar-refractivity contribution is -0.131. The molecule has 1 aromatic rings. The first kappa shape index (κ1) is 16.0. The minimum atomic E-state index is 0.277. The quantitative estimate of drug-likeness (QED) is 0.849. The Kier molecular flexibility index (Phi) is 5.31. The Balaban J connectivity index is 1.55. The van der Waals surface area contributed by atoms with Gasteiger partial charge in [0.25, 0.3) is 0 Å². The molecule has 0 aliphatic carbocycles. The van der Waals surface area contributed by atoms with Crippen molar-refractivity contribution in [3.8, 4) is 0 Å². The van der Waals surface area contributed by atoms with Gasteiger partial charge in [0.1, 0.15) is 0 Å². The molecule has 2 aliphatic rings. The van der Waals surface area contributed by atoms with E-state index in [0.29, 0.717) is 6.42 Å². The fraction of sp³-hybridized carbons (Fsp3) is 0.706. The second kappa shape index (κ2) is 7.62. The zero-order valence-corrected chi connectivity index (χ0v) is 14.1. The van der Waals surface area contributed by atoms with Crippen LogP contribution in [0.25, 0.3) is 0 Å². The summed E-state index contributed by atoms with van der Waals surface area (Å²) < 4.78 is 0. The number of carbonyl (C=O) groups excluding carboxylic acids is 1. The maximum Gasteiger partial charge on any atom is 0.222 e. The zero-order valence-electron chi connectivity index (χ0n) is 14.1. The topological polar surface area (TPSA) is 52.6 Å². The molecule has 0 saturated carbocycles. The van der Waals surface area contributed by atoms with E-state index in [1.807, 2.05) is 11.8 Å². The van der Waals surface area contributed by atoms with Gasteiger partial charge in [-0.3, -0.25) is 4.79 Å². The van der Waals surface area contributed by atoms with Crippen molar-refractivity contribution in [3.05, 3.63) is 12.1 Å². The van der Waals surface area contributed by atoms with Crippen LogP contribution < -0.4 is 9.80 Å². The average molecular weight is 317 g/mol. The van der Waals surface area contributed by atoms with Gasteiger partial charge in [-0.05, 0) is 37.8 Å². The van der Waals surface area contributed by atoms with Gasteiger partial charge in [-0.15, -0.1) is 10.2 Å². The summed E-state index contributed by atoms with van der Waals surface area (Å²) in [6, 6.07) is 4.16. The van der Waals surface area contributed by atoms with Crippen LogP contribution in [-0.4, -0.2) is 60.3 Å². The smallest absolute Gasteiger partial charge is 0.222 e. The minimum absolute atomic E-state index is 0.277. The standard InChI is InChI=1S/C17H27N5O/c1-2-6-17(23)22-13-11-21(12-14-22)16-8-7-15(18-19-16)20-9-4-3-5-10-20/h7-8H,2-6,9-14H2,1H3. The lowest BCUT2D eigenvalue weighted by Crippen LogP contribution is -2.49. The SMILES string of the molecule is CCCC(=O)N1CCN(c2ccc(N3CCCCC3)nn2)CC1. The number of nitrogens with zero attached hydrogens (tertiary/aromatic N) is 5. The third-order valence-corrected chi connectivity index (χ3v) is 4.74. The normalized spacial score (nSPS) is 19.1. The number of piperidine rings is 1. The summed E-state index contributed by atoms with van der Waals surface area (Å²) >= 11 is 0. The third kappa shape index (κ3) is 3.92. The number of anilines is 2.